The van der Waals surface area contributed by atoms with Crippen molar-refractivity contribution in [3.05, 3.63) is 95.0 Å². The predicted molar refractivity (Wildman–Crippen MR) is 119 cm³/mol. The summed E-state index contributed by atoms with van der Waals surface area (Å²) in [4.78, 5) is 15.8. The second-order valence-corrected chi connectivity index (χ2v) is 8.53. The normalized spacial score (nSPS) is 19.9. The summed E-state index contributed by atoms with van der Waals surface area (Å²) in [6.45, 7) is 6.48. The number of hydrogen-bond acceptors (Lipinski definition) is 3. The standard InChI is InChI=1S/C25H24FNO2S/c1-3-14-25(23-5-4-17-30-23)15-16-27(24(28)29-25)18(2)19-6-8-20(9-7-19)21-10-12-22(26)13-11-21/h3-13,17-18H,1,14-16H2,2H3/t18-,25?/m0/s1. The third-order valence-electron chi connectivity index (χ3n) is 5.76. The molecule has 1 aliphatic rings. The van der Waals surface area contributed by atoms with Crippen LogP contribution in [0.5, 0.6) is 0 Å². The minimum Gasteiger partial charge on any atom is -0.437 e. The number of benzene rings is 2. The fraction of sp³-hybridized carbons (Fsp3) is 0.240. The van der Waals surface area contributed by atoms with Crippen LogP contribution in [0, 0.1) is 5.82 Å². The third-order valence-corrected chi connectivity index (χ3v) is 6.81. The minimum atomic E-state index is -0.615. The van der Waals surface area contributed by atoms with Gasteiger partial charge in [0, 0.05) is 24.3 Å². The Kier molecular flexibility index (Phi) is 5.73. The summed E-state index contributed by atoms with van der Waals surface area (Å²) in [5.74, 6) is -0.248. The molecular weight excluding hydrogens is 397 g/mol. The van der Waals surface area contributed by atoms with Crippen molar-refractivity contribution in [3.8, 4) is 11.1 Å². The first-order valence-corrected chi connectivity index (χ1v) is 10.9. The molecule has 2 atom stereocenters. The molecule has 4 rings (SSSR count). The molecule has 0 spiro atoms. The van der Waals surface area contributed by atoms with Gasteiger partial charge in [0.1, 0.15) is 5.82 Å². The summed E-state index contributed by atoms with van der Waals surface area (Å²) in [5.41, 5.74) is 2.38. The second-order valence-electron chi connectivity index (χ2n) is 7.58. The van der Waals surface area contributed by atoms with Crippen molar-refractivity contribution < 1.29 is 13.9 Å². The van der Waals surface area contributed by atoms with Crippen LogP contribution in [0.25, 0.3) is 11.1 Å². The zero-order valence-electron chi connectivity index (χ0n) is 16.9. The Morgan fingerprint density at radius 3 is 2.40 bits per heavy atom. The molecule has 1 fully saturated rings. The molecular formula is C25H24FNO2S. The van der Waals surface area contributed by atoms with Crippen molar-refractivity contribution in [2.24, 2.45) is 0 Å². The maximum absolute atomic E-state index is 13.2. The van der Waals surface area contributed by atoms with Crippen molar-refractivity contribution in [1.29, 1.82) is 0 Å². The van der Waals surface area contributed by atoms with Gasteiger partial charge in [0.25, 0.3) is 0 Å². The highest BCUT2D eigenvalue weighted by atomic mass is 32.1. The van der Waals surface area contributed by atoms with E-state index in [1.165, 1.54) is 12.1 Å². The number of carbonyl (C=O) groups excluding carboxylic acids is 1. The first-order valence-electron chi connectivity index (χ1n) is 10.0. The molecule has 2 heterocycles. The highest BCUT2D eigenvalue weighted by Crippen LogP contribution is 2.41. The quantitative estimate of drug-likeness (QED) is 0.404. The van der Waals surface area contributed by atoms with Crippen LogP contribution in [0.4, 0.5) is 9.18 Å². The fourth-order valence-electron chi connectivity index (χ4n) is 3.99. The zero-order chi connectivity index (χ0) is 21.1. The van der Waals surface area contributed by atoms with Gasteiger partial charge >= 0.3 is 6.09 Å². The van der Waals surface area contributed by atoms with Gasteiger partial charge in [-0.1, -0.05) is 48.5 Å². The van der Waals surface area contributed by atoms with E-state index in [0.717, 1.165) is 28.0 Å². The van der Waals surface area contributed by atoms with Crippen molar-refractivity contribution in [2.75, 3.05) is 6.54 Å². The van der Waals surface area contributed by atoms with Crippen LogP contribution >= 0.6 is 11.3 Å². The summed E-state index contributed by atoms with van der Waals surface area (Å²) in [5, 5.41) is 2.01. The summed E-state index contributed by atoms with van der Waals surface area (Å²) in [6.07, 6.45) is 2.85. The maximum atomic E-state index is 13.2. The summed E-state index contributed by atoms with van der Waals surface area (Å²) < 4.78 is 19.2. The number of rotatable bonds is 6. The fourth-order valence-corrected chi connectivity index (χ4v) is 4.89. The van der Waals surface area contributed by atoms with E-state index in [0.29, 0.717) is 13.0 Å². The van der Waals surface area contributed by atoms with Crippen LogP contribution in [0.1, 0.15) is 36.2 Å². The molecule has 0 bridgehead atoms. The summed E-state index contributed by atoms with van der Waals surface area (Å²) in [6, 6.07) is 18.4. The molecule has 0 N–H and O–H groups in total. The molecule has 3 nitrogen and oxygen atoms in total. The van der Waals surface area contributed by atoms with Gasteiger partial charge in [-0.15, -0.1) is 17.9 Å². The van der Waals surface area contributed by atoms with E-state index in [1.54, 1.807) is 28.4 Å². The highest BCUT2D eigenvalue weighted by molar-refractivity contribution is 7.10. The van der Waals surface area contributed by atoms with Gasteiger partial charge in [0.15, 0.2) is 5.60 Å². The second kappa shape index (κ2) is 8.44. The van der Waals surface area contributed by atoms with Gasteiger partial charge in [0.05, 0.1) is 6.04 Å². The number of amides is 1. The van der Waals surface area contributed by atoms with Crippen molar-refractivity contribution in [3.63, 3.8) is 0 Å². The minimum absolute atomic E-state index is 0.107. The Morgan fingerprint density at radius 1 is 1.17 bits per heavy atom. The first kappa shape index (κ1) is 20.4. The number of carbonyl (C=O) groups is 1. The van der Waals surface area contributed by atoms with E-state index >= 15 is 0 Å². The molecule has 1 aromatic heterocycles. The highest BCUT2D eigenvalue weighted by Gasteiger charge is 2.43. The lowest BCUT2D eigenvalue weighted by atomic mass is 9.91. The van der Waals surface area contributed by atoms with E-state index in [1.807, 2.05) is 54.8 Å². The van der Waals surface area contributed by atoms with Crippen LogP contribution in [0.2, 0.25) is 0 Å². The van der Waals surface area contributed by atoms with Gasteiger partial charge in [0.2, 0.25) is 0 Å². The first-order chi connectivity index (χ1) is 14.5. The molecule has 3 aromatic rings. The molecule has 2 aromatic carbocycles. The summed E-state index contributed by atoms with van der Waals surface area (Å²) >= 11 is 1.61. The van der Waals surface area contributed by atoms with Crippen LogP contribution in [-0.2, 0) is 10.3 Å². The smallest absolute Gasteiger partial charge is 0.411 e. The zero-order valence-corrected chi connectivity index (χ0v) is 17.7. The van der Waals surface area contributed by atoms with E-state index in [-0.39, 0.29) is 18.0 Å². The molecule has 0 saturated carbocycles. The van der Waals surface area contributed by atoms with E-state index in [4.69, 9.17) is 4.74 Å². The topological polar surface area (TPSA) is 29.5 Å². The van der Waals surface area contributed by atoms with Gasteiger partial charge < -0.3 is 9.64 Å². The van der Waals surface area contributed by atoms with Crippen LogP contribution in [0.3, 0.4) is 0 Å². The van der Waals surface area contributed by atoms with Crippen molar-refractivity contribution >= 4 is 17.4 Å². The van der Waals surface area contributed by atoms with Crippen LogP contribution in [0.15, 0.2) is 78.7 Å². The molecule has 1 aliphatic heterocycles. The molecule has 1 unspecified atom stereocenters. The number of thiophene rings is 1. The van der Waals surface area contributed by atoms with E-state index in [2.05, 4.69) is 6.58 Å². The monoisotopic (exact) mass is 421 g/mol. The average molecular weight is 422 g/mol. The largest absolute Gasteiger partial charge is 0.437 e. The molecule has 0 aliphatic carbocycles. The lowest BCUT2D eigenvalue weighted by Gasteiger charge is -2.42. The van der Waals surface area contributed by atoms with Crippen LogP contribution in [-0.4, -0.2) is 17.5 Å². The van der Waals surface area contributed by atoms with Gasteiger partial charge in [-0.25, -0.2) is 9.18 Å². The Bertz CT molecular complexity index is 1010. The Balaban J connectivity index is 1.50. The number of cyclic esters (lactones) is 1. The predicted octanol–water partition coefficient (Wildman–Crippen LogP) is 6.93. The SMILES string of the molecule is C=CCC1(c2cccs2)CCN([C@@H](C)c2ccc(-c3ccc(F)cc3)cc2)C(=O)O1. The number of ether oxygens (including phenoxy) is 1. The molecule has 30 heavy (non-hydrogen) atoms. The molecule has 0 radical (unpaired) electrons. The van der Waals surface area contributed by atoms with Gasteiger partial charge in [-0.05, 0) is 47.2 Å². The van der Waals surface area contributed by atoms with Crippen LogP contribution < -0.4 is 0 Å². The maximum Gasteiger partial charge on any atom is 0.411 e. The number of halogens is 1. The molecule has 154 valence electrons. The lowest BCUT2D eigenvalue weighted by Crippen LogP contribution is -2.48. The molecule has 5 heteroatoms. The Hall–Kier alpha value is -2.92. The average Bonchev–Trinajstić information content (AvgIpc) is 3.30. The number of hydrogen-bond donors (Lipinski definition) is 0. The van der Waals surface area contributed by atoms with E-state index in [9.17, 15) is 9.18 Å². The Morgan fingerprint density at radius 2 is 1.83 bits per heavy atom. The van der Waals surface area contributed by atoms with Crippen molar-refractivity contribution in [2.45, 2.75) is 31.4 Å². The Labute approximate surface area is 180 Å². The molecule has 1 amide bonds. The third kappa shape index (κ3) is 3.90. The molecule has 1 saturated heterocycles. The van der Waals surface area contributed by atoms with Crippen molar-refractivity contribution in [1.82, 2.24) is 4.90 Å². The number of nitrogens with zero attached hydrogens (tertiary/aromatic N) is 1. The van der Waals surface area contributed by atoms with E-state index < -0.39 is 5.60 Å². The van der Waals surface area contributed by atoms with Gasteiger partial charge in [-0.3, -0.25) is 0 Å². The lowest BCUT2D eigenvalue weighted by molar-refractivity contribution is -0.0567. The summed E-state index contributed by atoms with van der Waals surface area (Å²) in [7, 11) is 0. The van der Waals surface area contributed by atoms with Gasteiger partial charge in [-0.2, -0.15) is 0 Å².